The van der Waals surface area contributed by atoms with Gasteiger partial charge in [-0.1, -0.05) is 45.0 Å². The topological polar surface area (TPSA) is 99.6 Å². The molecule has 2 amide bonds. The van der Waals surface area contributed by atoms with Gasteiger partial charge in [0.1, 0.15) is 6.04 Å². The molecule has 4 aromatic rings. The summed E-state index contributed by atoms with van der Waals surface area (Å²) in [7, 11) is 3.51. The number of anilines is 3. The van der Waals surface area contributed by atoms with Crippen molar-refractivity contribution in [3.8, 4) is 11.3 Å². The van der Waals surface area contributed by atoms with Crippen LogP contribution in [0.15, 0.2) is 59.5 Å². The monoisotopic (exact) mass is 596 g/mol. The van der Waals surface area contributed by atoms with Crippen molar-refractivity contribution in [2.45, 2.75) is 45.7 Å². The molecular formula is C33H36N6O3S. The van der Waals surface area contributed by atoms with Gasteiger partial charge in [-0.15, -0.1) is 11.3 Å². The first kappa shape index (κ1) is 28.8. The van der Waals surface area contributed by atoms with E-state index >= 15 is 0 Å². The summed E-state index contributed by atoms with van der Waals surface area (Å²) >= 11 is 1.59. The lowest BCUT2D eigenvalue weighted by Gasteiger charge is -2.30. The van der Waals surface area contributed by atoms with Crippen LogP contribution >= 0.6 is 11.3 Å². The molecule has 4 heterocycles. The third-order valence-electron chi connectivity index (χ3n) is 8.18. The maximum absolute atomic E-state index is 13.5. The number of hydrogen-bond donors (Lipinski definition) is 2. The number of nitrogens with one attached hydrogen (secondary N) is 2. The molecule has 0 bridgehead atoms. The van der Waals surface area contributed by atoms with Crippen molar-refractivity contribution in [3.05, 3.63) is 91.5 Å². The Morgan fingerprint density at radius 3 is 2.49 bits per heavy atom. The van der Waals surface area contributed by atoms with E-state index in [9.17, 15) is 14.4 Å². The summed E-state index contributed by atoms with van der Waals surface area (Å²) < 4.78 is 1.51. The van der Waals surface area contributed by atoms with Crippen LogP contribution in [0.5, 0.6) is 0 Å². The van der Waals surface area contributed by atoms with E-state index in [2.05, 4.69) is 37.5 Å². The Bertz CT molecular complexity index is 1800. The number of hydrogen-bond acceptors (Lipinski definition) is 7. The molecule has 2 aliphatic heterocycles. The molecule has 0 spiro atoms. The number of carbonyl (C=O) groups is 2. The fraction of sp³-hybridized carbons (Fsp3) is 0.333. The Hall–Kier alpha value is -4.28. The molecule has 1 saturated heterocycles. The lowest BCUT2D eigenvalue weighted by atomic mass is 9.94. The van der Waals surface area contributed by atoms with Gasteiger partial charge in [0.05, 0.1) is 17.1 Å². The minimum Gasteiger partial charge on any atom is -0.343 e. The average Bonchev–Trinajstić information content (AvgIpc) is 3.53. The first-order valence-corrected chi connectivity index (χ1v) is 15.2. The predicted octanol–water partition coefficient (Wildman–Crippen LogP) is 5.12. The van der Waals surface area contributed by atoms with E-state index < -0.39 is 0 Å². The van der Waals surface area contributed by atoms with Crippen LogP contribution in [0.25, 0.3) is 11.3 Å². The summed E-state index contributed by atoms with van der Waals surface area (Å²) in [6, 6.07) is 15.1. The van der Waals surface area contributed by atoms with E-state index in [0.29, 0.717) is 24.5 Å². The number of carbonyl (C=O) groups excluding carboxylic acids is 2. The number of thiophene rings is 1. The molecule has 0 aliphatic carbocycles. The van der Waals surface area contributed by atoms with Gasteiger partial charge in [-0.2, -0.15) is 0 Å². The number of amides is 2. The van der Waals surface area contributed by atoms with Crippen LogP contribution in [0.1, 0.15) is 58.1 Å². The second-order valence-electron chi connectivity index (χ2n) is 12.3. The molecule has 0 radical (unpaired) electrons. The lowest BCUT2D eigenvalue weighted by Crippen LogP contribution is -2.48. The second-order valence-corrected chi connectivity index (χ2v) is 13.4. The van der Waals surface area contributed by atoms with E-state index in [1.165, 1.54) is 9.44 Å². The number of piperazine rings is 1. The summed E-state index contributed by atoms with van der Waals surface area (Å²) in [5.74, 6) is 0.249. The van der Waals surface area contributed by atoms with Crippen LogP contribution in [0.4, 0.5) is 17.2 Å². The van der Waals surface area contributed by atoms with Crippen LogP contribution in [0.2, 0.25) is 0 Å². The van der Waals surface area contributed by atoms with E-state index in [4.69, 9.17) is 4.98 Å². The lowest BCUT2D eigenvalue weighted by molar-refractivity contribution is -0.134. The fourth-order valence-corrected chi connectivity index (χ4v) is 6.80. The quantitative estimate of drug-likeness (QED) is 0.332. The van der Waals surface area contributed by atoms with Gasteiger partial charge in [-0.25, -0.2) is 4.98 Å². The van der Waals surface area contributed by atoms with Gasteiger partial charge in [0.15, 0.2) is 5.82 Å². The van der Waals surface area contributed by atoms with Gasteiger partial charge in [0.25, 0.3) is 11.5 Å². The molecule has 1 atom stereocenters. The van der Waals surface area contributed by atoms with E-state index in [1.54, 1.807) is 29.5 Å². The Balaban J connectivity index is 1.27. The Kier molecular flexibility index (Phi) is 7.22. The van der Waals surface area contributed by atoms with Crippen molar-refractivity contribution in [1.82, 2.24) is 19.8 Å². The third-order valence-corrected chi connectivity index (χ3v) is 9.78. The highest BCUT2D eigenvalue weighted by Gasteiger charge is 2.34. The largest absolute Gasteiger partial charge is 0.343 e. The zero-order valence-corrected chi connectivity index (χ0v) is 26.1. The number of aryl methyl sites for hydroxylation is 1. The van der Waals surface area contributed by atoms with Crippen molar-refractivity contribution in [3.63, 3.8) is 0 Å². The zero-order chi connectivity index (χ0) is 30.6. The van der Waals surface area contributed by atoms with Crippen LogP contribution < -0.4 is 21.1 Å². The highest BCUT2D eigenvalue weighted by atomic mass is 32.1. The summed E-state index contributed by atoms with van der Waals surface area (Å²) in [6.45, 7) is 10.4. The van der Waals surface area contributed by atoms with Gasteiger partial charge in [0, 0.05) is 55.2 Å². The molecule has 6 rings (SSSR count). The van der Waals surface area contributed by atoms with Crippen molar-refractivity contribution < 1.29 is 9.59 Å². The van der Waals surface area contributed by atoms with Crippen molar-refractivity contribution >= 4 is 40.3 Å². The van der Waals surface area contributed by atoms with Crippen LogP contribution in [0, 0.1) is 6.92 Å². The summed E-state index contributed by atoms with van der Waals surface area (Å²) in [6.07, 6.45) is 1.72. The standard InChI is InChI=1S/C33H36N6O3S/c1-19-23(8-7-9-25(19)39-17-21-16-26(33(2,3)4)43-28(21)31(39)41)24-18-38(6)32(42)29(36-24)35-22-12-10-20(11-13-22)27-30(40)37(5)15-14-34-27/h7-13,16,18,27,34H,14-15,17H2,1-6H3,(H,35,36)/t27-/m1/s1. The average molecular weight is 597 g/mol. The normalized spacial score (nSPS) is 17.0. The first-order chi connectivity index (χ1) is 20.4. The molecular weight excluding hydrogens is 560 g/mol. The van der Waals surface area contributed by atoms with Crippen molar-refractivity contribution in [2.75, 3.05) is 30.4 Å². The summed E-state index contributed by atoms with van der Waals surface area (Å²) in [5, 5.41) is 6.44. The molecule has 0 unspecified atom stereocenters. The maximum Gasteiger partial charge on any atom is 0.293 e. The number of benzene rings is 2. The van der Waals surface area contributed by atoms with Gasteiger partial charge in [0.2, 0.25) is 5.91 Å². The summed E-state index contributed by atoms with van der Waals surface area (Å²) in [4.78, 5) is 49.5. The third kappa shape index (κ3) is 5.25. The Labute approximate surface area is 255 Å². The van der Waals surface area contributed by atoms with Crippen LogP contribution in [-0.2, 0) is 23.8 Å². The number of aromatic nitrogens is 2. The predicted molar refractivity (Wildman–Crippen MR) is 171 cm³/mol. The number of fused-ring (bicyclic) bond motifs is 1. The van der Waals surface area contributed by atoms with Crippen molar-refractivity contribution in [1.29, 1.82) is 0 Å². The molecule has 2 aromatic heterocycles. The molecule has 2 aromatic carbocycles. The van der Waals surface area contributed by atoms with Crippen LogP contribution in [0.3, 0.4) is 0 Å². The second kappa shape index (κ2) is 10.8. The molecule has 9 nitrogen and oxygen atoms in total. The van der Waals surface area contributed by atoms with Crippen molar-refractivity contribution in [2.24, 2.45) is 7.05 Å². The van der Waals surface area contributed by atoms with E-state index in [0.717, 1.165) is 39.4 Å². The van der Waals surface area contributed by atoms with Gasteiger partial charge < -0.3 is 25.0 Å². The highest BCUT2D eigenvalue weighted by Crippen LogP contribution is 2.40. The van der Waals surface area contributed by atoms with Crippen LogP contribution in [-0.4, -0.2) is 46.4 Å². The van der Waals surface area contributed by atoms with Gasteiger partial charge in [-0.3, -0.25) is 14.4 Å². The molecule has 43 heavy (non-hydrogen) atoms. The molecule has 222 valence electrons. The Morgan fingerprint density at radius 2 is 1.79 bits per heavy atom. The van der Waals surface area contributed by atoms with E-state index in [-0.39, 0.29) is 34.6 Å². The summed E-state index contributed by atoms with van der Waals surface area (Å²) in [5.41, 5.74) is 5.58. The smallest absolute Gasteiger partial charge is 0.293 e. The number of nitrogens with zero attached hydrogens (tertiary/aromatic N) is 4. The SMILES string of the molecule is Cc1c(-c2cn(C)c(=O)c(Nc3ccc([C@H]4NCCN(C)C4=O)cc3)n2)cccc1N1Cc2cc(C(C)(C)C)sc2C1=O. The molecule has 2 N–H and O–H groups in total. The fourth-order valence-electron chi connectivity index (χ4n) is 5.62. The molecule has 1 fully saturated rings. The highest BCUT2D eigenvalue weighted by molar-refractivity contribution is 7.14. The van der Waals surface area contributed by atoms with E-state index in [1.807, 2.05) is 61.3 Å². The molecule has 2 aliphatic rings. The Morgan fingerprint density at radius 1 is 1.05 bits per heavy atom. The molecule has 0 saturated carbocycles. The number of likely N-dealkylation sites (N-methyl/N-ethyl adjacent to an activating group) is 1. The zero-order valence-electron chi connectivity index (χ0n) is 25.3. The molecule has 10 heteroatoms. The minimum absolute atomic E-state index is 0.00131. The number of rotatable bonds is 5. The minimum atomic E-state index is -0.383. The maximum atomic E-state index is 13.5. The van der Waals surface area contributed by atoms with Gasteiger partial charge in [-0.05, 0) is 53.3 Å². The van der Waals surface area contributed by atoms with Gasteiger partial charge >= 0.3 is 0 Å². The first-order valence-electron chi connectivity index (χ1n) is 14.4.